The van der Waals surface area contributed by atoms with Gasteiger partial charge in [0.05, 0.1) is 4.90 Å². The highest BCUT2D eigenvalue weighted by atomic mass is 79.9. The number of sulfonamides is 1. The predicted molar refractivity (Wildman–Crippen MR) is 94.3 cm³/mol. The molecule has 0 aliphatic heterocycles. The molecule has 1 rings (SSSR count). The molecule has 1 aromatic carbocycles. The molecule has 120 valence electrons. The van der Waals surface area contributed by atoms with E-state index < -0.39 is 10.0 Å². The molecule has 0 spiro atoms. The Labute approximate surface area is 140 Å². The number of thioether (sulfide) groups is 1. The largest absolute Gasteiger partial charge is 0.310 e. The number of nitrogens with one attached hydrogen (secondary N) is 2. The van der Waals surface area contributed by atoms with Crippen molar-refractivity contribution in [3.05, 3.63) is 28.2 Å². The van der Waals surface area contributed by atoms with E-state index in [0.717, 1.165) is 17.7 Å². The van der Waals surface area contributed by atoms with Gasteiger partial charge in [-0.15, -0.1) is 0 Å². The molecule has 0 radical (unpaired) electrons. The van der Waals surface area contributed by atoms with E-state index in [2.05, 4.69) is 39.8 Å². The van der Waals surface area contributed by atoms with Gasteiger partial charge in [0.2, 0.25) is 10.0 Å². The van der Waals surface area contributed by atoms with Crippen LogP contribution in [0.15, 0.2) is 27.6 Å². The van der Waals surface area contributed by atoms with Gasteiger partial charge in [0.25, 0.3) is 0 Å². The van der Waals surface area contributed by atoms with Crippen LogP contribution < -0.4 is 10.0 Å². The summed E-state index contributed by atoms with van der Waals surface area (Å²) in [6, 6.07) is 5.79. The summed E-state index contributed by atoms with van der Waals surface area (Å²) in [5.74, 6) is 0.946. The third-order valence-corrected chi connectivity index (χ3v) is 5.97. The van der Waals surface area contributed by atoms with Gasteiger partial charge in [-0.25, -0.2) is 13.1 Å². The monoisotopic (exact) mass is 394 g/mol. The summed E-state index contributed by atoms with van der Waals surface area (Å²) in [5, 5.41) is 3.29. The summed E-state index contributed by atoms with van der Waals surface area (Å²) in [4.78, 5) is 0.301. The molecule has 0 aromatic heterocycles. The molecule has 0 atom stereocenters. The molecule has 0 amide bonds. The molecule has 0 saturated heterocycles. The molecule has 4 nitrogen and oxygen atoms in total. The zero-order valence-electron chi connectivity index (χ0n) is 12.6. The standard InChI is InChI=1S/C14H23BrN2O2S2/c1-11(2)16-10-12-5-6-13(15)14(9-12)21(18,19)17-7-4-8-20-3/h5-6,9,11,16-17H,4,7-8,10H2,1-3H3. The summed E-state index contributed by atoms with van der Waals surface area (Å²) in [6.45, 7) is 5.23. The Morgan fingerprint density at radius 2 is 2.05 bits per heavy atom. The molecular weight excluding hydrogens is 372 g/mol. The SMILES string of the molecule is CSCCCNS(=O)(=O)c1cc(CNC(C)C)ccc1Br. The zero-order valence-corrected chi connectivity index (χ0v) is 15.9. The van der Waals surface area contributed by atoms with Gasteiger partial charge >= 0.3 is 0 Å². The number of hydrogen-bond acceptors (Lipinski definition) is 4. The molecule has 0 fully saturated rings. The Bertz CT molecular complexity index is 548. The van der Waals surface area contributed by atoms with Crippen molar-refractivity contribution >= 4 is 37.7 Å². The van der Waals surface area contributed by atoms with E-state index in [-0.39, 0.29) is 0 Å². The van der Waals surface area contributed by atoms with Crippen molar-refractivity contribution in [3.63, 3.8) is 0 Å². The van der Waals surface area contributed by atoms with Crippen LogP contribution in [-0.4, -0.2) is 33.0 Å². The fourth-order valence-corrected chi connectivity index (χ4v) is 4.21. The fraction of sp³-hybridized carbons (Fsp3) is 0.571. The fourth-order valence-electron chi connectivity index (χ4n) is 1.69. The summed E-state index contributed by atoms with van der Waals surface area (Å²) >= 11 is 5.04. The lowest BCUT2D eigenvalue weighted by Gasteiger charge is -2.12. The number of benzene rings is 1. The highest BCUT2D eigenvalue weighted by molar-refractivity contribution is 9.10. The number of hydrogen-bond donors (Lipinski definition) is 2. The lowest BCUT2D eigenvalue weighted by molar-refractivity contribution is 0.578. The smallest absolute Gasteiger partial charge is 0.241 e. The maximum absolute atomic E-state index is 12.3. The van der Waals surface area contributed by atoms with Crippen molar-refractivity contribution in [1.29, 1.82) is 0 Å². The van der Waals surface area contributed by atoms with E-state index >= 15 is 0 Å². The van der Waals surface area contributed by atoms with Crippen LogP contribution in [0.25, 0.3) is 0 Å². The Hall–Kier alpha value is -0.0800. The second-order valence-corrected chi connectivity index (χ2v) is 8.62. The van der Waals surface area contributed by atoms with Gasteiger partial charge in [0.15, 0.2) is 0 Å². The summed E-state index contributed by atoms with van der Waals surface area (Å²) in [7, 11) is -3.47. The molecule has 0 bridgehead atoms. The normalized spacial score (nSPS) is 12.0. The second-order valence-electron chi connectivity index (χ2n) is 5.04. The first-order chi connectivity index (χ1) is 9.86. The third kappa shape index (κ3) is 6.69. The van der Waals surface area contributed by atoms with E-state index in [0.29, 0.717) is 28.5 Å². The van der Waals surface area contributed by atoms with E-state index in [1.165, 1.54) is 0 Å². The maximum atomic E-state index is 12.3. The van der Waals surface area contributed by atoms with Gasteiger partial charge in [-0.05, 0) is 52.1 Å². The highest BCUT2D eigenvalue weighted by Gasteiger charge is 2.17. The third-order valence-electron chi connectivity index (χ3n) is 2.82. The quantitative estimate of drug-likeness (QED) is 0.632. The van der Waals surface area contributed by atoms with Crippen molar-refractivity contribution in [3.8, 4) is 0 Å². The lowest BCUT2D eigenvalue weighted by Crippen LogP contribution is -2.26. The van der Waals surface area contributed by atoms with Crippen molar-refractivity contribution in [2.75, 3.05) is 18.6 Å². The molecule has 1 aromatic rings. The summed E-state index contributed by atoms with van der Waals surface area (Å²) in [5.41, 5.74) is 0.955. The molecule has 2 N–H and O–H groups in total. The molecule has 0 aliphatic carbocycles. The topological polar surface area (TPSA) is 58.2 Å². The predicted octanol–water partition coefficient (Wildman–Crippen LogP) is 2.98. The van der Waals surface area contributed by atoms with Gasteiger partial charge in [-0.2, -0.15) is 11.8 Å². The number of halogens is 1. The Kier molecular flexibility index (Phi) is 8.26. The van der Waals surface area contributed by atoms with E-state index in [1.54, 1.807) is 23.9 Å². The van der Waals surface area contributed by atoms with Crippen LogP contribution in [0, 0.1) is 0 Å². The summed E-state index contributed by atoms with van der Waals surface area (Å²) < 4.78 is 27.9. The van der Waals surface area contributed by atoms with Gasteiger partial charge in [0.1, 0.15) is 0 Å². The van der Waals surface area contributed by atoms with Crippen LogP contribution in [0.5, 0.6) is 0 Å². The van der Waals surface area contributed by atoms with Crippen molar-refractivity contribution in [2.45, 2.75) is 37.8 Å². The molecule has 0 heterocycles. The first kappa shape index (κ1) is 19.0. The van der Waals surface area contributed by atoms with Crippen molar-refractivity contribution in [1.82, 2.24) is 10.0 Å². The molecular formula is C14H23BrN2O2S2. The molecule has 0 unspecified atom stereocenters. The molecule has 21 heavy (non-hydrogen) atoms. The van der Waals surface area contributed by atoms with Crippen LogP contribution in [0.2, 0.25) is 0 Å². The van der Waals surface area contributed by atoms with E-state index in [1.807, 2.05) is 12.3 Å². The van der Waals surface area contributed by atoms with Crippen molar-refractivity contribution in [2.24, 2.45) is 0 Å². The average Bonchev–Trinajstić information content (AvgIpc) is 2.42. The lowest BCUT2D eigenvalue weighted by atomic mass is 10.2. The maximum Gasteiger partial charge on any atom is 0.241 e. The average molecular weight is 395 g/mol. The minimum Gasteiger partial charge on any atom is -0.310 e. The van der Waals surface area contributed by atoms with Gasteiger partial charge in [-0.3, -0.25) is 0 Å². The minimum absolute atomic E-state index is 0.301. The van der Waals surface area contributed by atoms with Gasteiger partial charge in [0, 0.05) is 23.6 Å². The minimum atomic E-state index is -3.47. The first-order valence-electron chi connectivity index (χ1n) is 6.87. The van der Waals surface area contributed by atoms with E-state index in [4.69, 9.17) is 0 Å². The van der Waals surface area contributed by atoms with Crippen molar-refractivity contribution < 1.29 is 8.42 Å². The van der Waals surface area contributed by atoms with Gasteiger partial charge in [-0.1, -0.05) is 19.9 Å². The Morgan fingerprint density at radius 1 is 1.33 bits per heavy atom. The highest BCUT2D eigenvalue weighted by Crippen LogP contribution is 2.23. The van der Waals surface area contributed by atoms with Gasteiger partial charge < -0.3 is 5.32 Å². The van der Waals surface area contributed by atoms with Crippen LogP contribution in [0.4, 0.5) is 0 Å². The first-order valence-corrected chi connectivity index (χ1v) is 10.5. The zero-order chi connectivity index (χ0) is 15.9. The Morgan fingerprint density at radius 3 is 2.67 bits per heavy atom. The Balaban J connectivity index is 2.81. The van der Waals surface area contributed by atoms with Crippen LogP contribution in [0.1, 0.15) is 25.8 Å². The van der Waals surface area contributed by atoms with Crippen LogP contribution >= 0.6 is 27.7 Å². The summed E-state index contributed by atoms with van der Waals surface area (Å²) in [6.07, 6.45) is 2.84. The van der Waals surface area contributed by atoms with E-state index in [9.17, 15) is 8.42 Å². The number of rotatable bonds is 9. The van der Waals surface area contributed by atoms with Crippen LogP contribution in [0.3, 0.4) is 0 Å². The molecule has 0 saturated carbocycles. The molecule has 0 aliphatic rings. The second kappa shape index (κ2) is 9.15. The molecule has 7 heteroatoms. The van der Waals surface area contributed by atoms with Crippen LogP contribution in [-0.2, 0) is 16.6 Å².